The Morgan fingerprint density at radius 3 is 2.15 bits per heavy atom. The predicted molar refractivity (Wildman–Crippen MR) is 75.0 cm³/mol. The molecule has 0 saturated heterocycles. The molecule has 2 nitrogen and oxygen atoms in total. The van der Waals surface area contributed by atoms with Crippen molar-refractivity contribution in [1.82, 2.24) is 0 Å². The number of rotatable bonds is 6. The summed E-state index contributed by atoms with van der Waals surface area (Å²) in [6, 6.07) is 18.5. The fourth-order valence-electron chi connectivity index (χ4n) is 1.79. The first kappa shape index (κ1) is 17.3. The minimum Gasteiger partial charge on any atom is -0.550 e. The van der Waals surface area contributed by atoms with E-state index in [1.54, 1.807) is 11.8 Å². The van der Waals surface area contributed by atoms with Gasteiger partial charge in [-0.2, -0.15) is 0 Å². The second-order valence-corrected chi connectivity index (χ2v) is 5.43. The van der Waals surface area contributed by atoms with Crippen LogP contribution in [0.4, 0.5) is 0 Å². The summed E-state index contributed by atoms with van der Waals surface area (Å²) in [5.41, 5.74) is 1.17. The van der Waals surface area contributed by atoms with Crippen molar-refractivity contribution in [3.8, 4) is 0 Å². The molecule has 0 amide bonds. The average molecular weight is 294 g/mol. The average Bonchev–Trinajstić information content (AvgIpc) is 2.42. The van der Waals surface area contributed by atoms with E-state index in [1.165, 1.54) is 15.4 Å². The van der Waals surface area contributed by atoms with Crippen LogP contribution in [0.25, 0.3) is 0 Å². The number of carboxylic acids is 1. The van der Waals surface area contributed by atoms with Crippen molar-refractivity contribution in [1.29, 1.82) is 0 Å². The first-order valence-electron chi connectivity index (χ1n) is 6.26. The zero-order valence-electron chi connectivity index (χ0n) is 11.5. The van der Waals surface area contributed by atoms with Gasteiger partial charge >= 0.3 is 29.6 Å². The van der Waals surface area contributed by atoms with E-state index in [2.05, 4.69) is 36.4 Å². The third-order valence-electron chi connectivity index (χ3n) is 2.75. The van der Waals surface area contributed by atoms with Gasteiger partial charge in [-0.25, -0.2) is 0 Å². The van der Waals surface area contributed by atoms with Crippen LogP contribution < -0.4 is 34.7 Å². The van der Waals surface area contributed by atoms with Gasteiger partial charge in [0, 0.05) is 15.8 Å². The Balaban J connectivity index is 0.00000200. The molecule has 0 aliphatic heterocycles. The van der Waals surface area contributed by atoms with Crippen LogP contribution in [0.1, 0.15) is 18.4 Å². The quantitative estimate of drug-likeness (QED) is 0.699. The van der Waals surface area contributed by atoms with Crippen LogP contribution >= 0.6 is 11.8 Å². The molecule has 0 atom stereocenters. The van der Waals surface area contributed by atoms with E-state index in [-0.39, 0.29) is 36.0 Å². The SMILES string of the molecule is O=C([O-])CCCc1ccc(Sc2ccccc2)cc1.[Na+]. The summed E-state index contributed by atoms with van der Waals surface area (Å²) >= 11 is 1.72. The van der Waals surface area contributed by atoms with E-state index < -0.39 is 5.97 Å². The third-order valence-corrected chi connectivity index (χ3v) is 3.76. The number of aliphatic carboxylic acids is 1. The fourth-order valence-corrected chi connectivity index (χ4v) is 2.62. The van der Waals surface area contributed by atoms with E-state index in [1.807, 2.05) is 18.2 Å². The summed E-state index contributed by atoms with van der Waals surface area (Å²) in [7, 11) is 0. The van der Waals surface area contributed by atoms with Crippen molar-refractivity contribution in [3.63, 3.8) is 0 Å². The third kappa shape index (κ3) is 6.14. The van der Waals surface area contributed by atoms with Gasteiger partial charge in [0.25, 0.3) is 0 Å². The fraction of sp³-hybridized carbons (Fsp3) is 0.188. The van der Waals surface area contributed by atoms with Gasteiger partial charge in [0.05, 0.1) is 0 Å². The zero-order valence-corrected chi connectivity index (χ0v) is 14.4. The molecule has 0 unspecified atom stereocenters. The van der Waals surface area contributed by atoms with Crippen LogP contribution in [0.3, 0.4) is 0 Å². The molecule has 0 N–H and O–H groups in total. The van der Waals surface area contributed by atoms with Gasteiger partial charge < -0.3 is 9.90 Å². The van der Waals surface area contributed by atoms with Crippen molar-refractivity contribution < 1.29 is 39.5 Å². The van der Waals surface area contributed by atoms with Crippen LogP contribution in [-0.2, 0) is 11.2 Å². The molecule has 20 heavy (non-hydrogen) atoms. The Labute approximate surface area is 145 Å². The van der Waals surface area contributed by atoms with Crippen LogP contribution in [-0.4, -0.2) is 5.97 Å². The molecule has 2 rings (SSSR count). The standard InChI is InChI=1S/C16H16O2S.Na/c17-16(18)8-4-5-13-9-11-15(12-10-13)19-14-6-2-1-3-7-14;/h1-3,6-7,9-12H,4-5,8H2,(H,17,18);/q;+1/p-1. The molecule has 0 bridgehead atoms. The van der Waals surface area contributed by atoms with Gasteiger partial charge in [-0.15, -0.1) is 0 Å². The minimum absolute atomic E-state index is 0. The molecular formula is C16H15NaO2S. The van der Waals surface area contributed by atoms with E-state index in [0.717, 1.165) is 6.42 Å². The molecular weight excluding hydrogens is 279 g/mol. The maximum absolute atomic E-state index is 10.3. The summed E-state index contributed by atoms with van der Waals surface area (Å²) in [6.45, 7) is 0. The summed E-state index contributed by atoms with van der Waals surface area (Å²) in [5, 5.41) is 10.3. The number of carbonyl (C=O) groups excluding carboxylic acids is 1. The molecule has 0 aliphatic carbocycles. The minimum atomic E-state index is -0.976. The van der Waals surface area contributed by atoms with Gasteiger partial charge in [-0.1, -0.05) is 42.1 Å². The van der Waals surface area contributed by atoms with Crippen molar-refractivity contribution in [2.75, 3.05) is 0 Å². The Morgan fingerprint density at radius 1 is 0.950 bits per heavy atom. The zero-order chi connectivity index (χ0) is 13.5. The number of benzene rings is 2. The van der Waals surface area contributed by atoms with Gasteiger partial charge in [-0.3, -0.25) is 0 Å². The number of carbonyl (C=O) groups is 1. The molecule has 0 spiro atoms. The van der Waals surface area contributed by atoms with Gasteiger partial charge in [0.2, 0.25) is 0 Å². The Hall–Kier alpha value is -0.740. The first-order valence-corrected chi connectivity index (χ1v) is 7.07. The van der Waals surface area contributed by atoms with E-state index >= 15 is 0 Å². The van der Waals surface area contributed by atoms with Gasteiger partial charge in [0.1, 0.15) is 0 Å². The van der Waals surface area contributed by atoms with Crippen LogP contribution in [0, 0.1) is 0 Å². The topological polar surface area (TPSA) is 40.1 Å². The van der Waals surface area contributed by atoms with Gasteiger partial charge in [-0.05, 0) is 49.1 Å². The summed E-state index contributed by atoms with van der Waals surface area (Å²) in [6.07, 6.45) is 1.54. The maximum Gasteiger partial charge on any atom is 1.00 e. The number of hydrogen-bond donors (Lipinski definition) is 0. The normalized spacial score (nSPS) is 9.80. The van der Waals surface area contributed by atoms with Crippen LogP contribution in [0.5, 0.6) is 0 Å². The number of hydrogen-bond acceptors (Lipinski definition) is 3. The molecule has 0 heterocycles. The van der Waals surface area contributed by atoms with E-state index in [4.69, 9.17) is 0 Å². The molecule has 0 aromatic heterocycles. The van der Waals surface area contributed by atoms with Crippen molar-refractivity contribution in [2.24, 2.45) is 0 Å². The Bertz CT molecular complexity index is 526. The molecule has 4 heteroatoms. The molecule has 98 valence electrons. The Morgan fingerprint density at radius 2 is 1.55 bits per heavy atom. The van der Waals surface area contributed by atoms with Gasteiger partial charge in [0.15, 0.2) is 0 Å². The van der Waals surface area contributed by atoms with Crippen LogP contribution in [0.2, 0.25) is 0 Å². The Kier molecular flexibility index (Phi) is 8.00. The first-order chi connectivity index (χ1) is 9.24. The predicted octanol–water partition coefficient (Wildman–Crippen LogP) is -0.0856. The molecule has 0 aliphatic rings. The molecule has 2 aromatic carbocycles. The number of carboxylic acid groups (broad SMARTS) is 1. The molecule has 2 aromatic rings. The smallest absolute Gasteiger partial charge is 0.550 e. The van der Waals surface area contributed by atoms with Crippen molar-refractivity contribution >= 4 is 17.7 Å². The molecule has 0 fully saturated rings. The van der Waals surface area contributed by atoms with Crippen LogP contribution in [0.15, 0.2) is 64.4 Å². The second-order valence-electron chi connectivity index (χ2n) is 4.28. The van der Waals surface area contributed by atoms with E-state index in [9.17, 15) is 9.90 Å². The van der Waals surface area contributed by atoms with Crippen molar-refractivity contribution in [3.05, 3.63) is 60.2 Å². The van der Waals surface area contributed by atoms with Crippen molar-refractivity contribution in [2.45, 2.75) is 29.1 Å². The largest absolute Gasteiger partial charge is 1.00 e. The molecule has 0 radical (unpaired) electrons. The molecule has 0 saturated carbocycles. The summed E-state index contributed by atoms with van der Waals surface area (Å²) < 4.78 is 0. The maximum atomic E-state index is 10.3. The van der Waals surface area contributed by atoms with E-state index in [0.29, 0.717) is 6.42 Å². The summed E-state index contributed by atoms with van der Waals surface area (Å²) in [4.78, 5) is 12.7. The monoisotopic (exact) mass is 294 g/mol. The number of aryl methyl sites for hydroxylation is 1. The summed E-state index contributed by atoms with van der Waals surface area (Å²) in [5.74, 6) is -0.976. The second kappa shape index (κ2) is 9.24.